The fourth-order valence-corrected chi connectivity index (χ4v) is 1.46. The average Bonchev–Trinajstić information content (AvgIpc) is 2.69. The number of aromatic nitrogens is 2. The molecule has 0 aromatic carbocycles. The summed E-state index contributed by atoms with van der Waals surface area (Å²) in [5.74, 6) is 0.885. The van der Waals surface area contributed by atoms with E-state index >= 15 is 0 Å². The number of H-pyrrole nitrogens is 1. The summed E-state index contributed by atoms with van der Waals surface area (Å²) in [5.41, 5.74) is -0.175. The topological polar surface area (TPSA) is 67.0 Å². The van der Waals surface area contributed by atoms with Crippen LogP contribution in [0.5, 0.6) is 0 Å². The van der Waals surface area contributed by atoms with Crippen LogP contribution in [-0.4, -0.2) is 29.7 Å². The van der Waals surface area contributed by atoms with Crippen LogP contribution in [0.2, 0.25) is 0 Å². The quantitative estimate of drug-likeness (QED) is 0.724. The molecule has 1 atom stereocenters. The molecule has 0 radical (unpaired) electrons. The Hall–Kier alpha value is -1.36. The first-order chi connectivity index (χ1) is 6.86. The van der Waals surface area contributed by atoms with Crippen LogP contribution in [-0.2, 0) is 4.74 Å². The van der Waals surface area contributed by atoms with Gasteiger partial charge in [0.05, 0.1) is 6.61 Å². The highest BCUT2D eigenvalue weighted by atomic mass is 16.5. The standard InChI is InChI=1S/C9H13N3O2/c13-9-8(10-2-3-11-9)12-5-7-1-4-14-6-7/h2-3,7H,1,4-6H2,(H,10,12)(H,11,13). The molecule has 2 N–H and O–H groups in total. The van der Waals surface area contributed by atoms with Crippen LogP contribution in [0.15, 0.2) is 17.2 Å². The van der Waals surface area contributed by atoms with Gasteiger partial charge in [-0.15, -0.1) is 0 Å². The molecule has 5 nitrogen and oxygen atoms in total. The van der Waals surface area contributed by atoms with Crippen molar-refractivity contribution < 1.29 is 4.74 Å². The van der Waals surface area contributed by atoms with E-state index in [2.05, 4.69) is 15.3 Å². The van der Waals surface area contributed by atoms with Gasteiger partial charge >= 0.3 is 0 Å². The van der Waals surface area contributed by atoms with Crippen molar-refractivity contribution in [1.29, 1.82) is 0 Å². The lowest BCUT2D eigenvalue weighted by Crippen LogP contribution is -2.20. The molecule has 1 unspecified atom stereocenters. The van der Waals surface area contributed by atoms with E-state index in [1.165, 1.54) is 6.20 Å². The Morgan fingerprint density at radius 3 is 3.36 bits per heavy atom. The van der Waals surface area contributed by atoms with E-state index in [1.807, 2.05) is 0 Å². The Kier molecular flexibility index (Phi) is 2.78. The number of anilines is 1. The third-order valence-corrected chi connectivity index (χ3v) is 2.29. The molecule has 0 spiro atoms. The van der Waals surface area contributed by atoms with Crippen molar-refractivity contribution in [2.75, 3.05) is 25.1 Å². The summed E-state index contributed by atoms with van der Waals surface area (Å²) in [6, 6.07) is 0. The second kappa shape index (κ2) is 4.23. The molecule has 1 aliphatic heterocycles. The van der Waals surface area contributed by atoms with Gasteiger partial charge < -0.3 is 15.0 Å². The van der Waals surface area contributed by atoms with Crippen LogP contribution in [0.4, 0.5) is 5.82 Å². The molecule has 2 rings (SSSR count). The van der Waals surface area contributed by atoms with Crippen LogP contribution in [0.3, 0.4) is 0 Å². The maximum absolute atomic E-state index is 11.2. The van der Waals surface area contributed by atoms with Crippen LogP contribution in [0.1, 0.15) is 6.42 Å². The fourth-order valence-electron chi connectivity index (χ4n) is 1.46. The van der Waals surface area contributed by atoms with Crippen molar-refractivity contribution in [3.8, 4) is 0 Å². The SMILES string of the molecule is O=c1[nH]ccnc1NCC1CCOC1. The van der Waals surface area contributed by atoms with Crippen LogP contribution in [0, 0.1) is 5.92 Å². The van der Waals surface area contributed by atoms with Crippen LogP contribution >= 0.6 is 0 Å². The molecule has 1 aliphatic rings. The normalized spacial score (nSPS) is 21.0. The monoisotopic (exact) mass is 195 g/mol. The Morgan fingerprint density at radius 2 is 2.64 bits per heavy atom. The third kappa shape index (κ3) is 2.11. The molecule has 0 bridgehead atoms. The number of nitrogens with zero attached hydrogens (tertiary/aromatic N) is 1. The number of hydrogen-bond acceptors (Lipinski definition) is 4. The highest BCUT2D eigenvalue weighted by Gasteiger charge is 2.15. The van der Waals surface area contributed by atoms with Crippen molar-refractivity contribution in [3.05, 3.63) is 22.7 Å². The summed E-state index contributed by atoms with van der Waals surface area (Å²) in [6.45, 7) is 2.35. The van der Waals surface area contributed by atoms with E-state index in [9.17, 15) is 4.79 Å². The summed E-state index contributed by atoms with van der Waals surface area (Å²) in [7, 11) is 0. The lowest BCUT2D eigenvalue weighted by molar-refractivity contribution is 0.187. The van der Waals surface area contributed by atoms with Crippen molar-refractivity contribution in [3.63, 3.8) is 0 Å². The van der Waals surface area contributed by atoms with Crippen molar-refractivity contribution >= 4 is 5.82 Å². The van der Waals surface area contributed by atoms with Gasteiger partial charge in [-0.3, -0.25) is 4.79 Å². The Balaban J connectivity index is 1.91. The highest BCUT2D eigenvalue weighted by Crippen LogP contribution is 2.11. The van der Waals surface area contributed by atoms with E-state index in [1.54, 1.807) is 6.20 Å². The largest absolute Gasteiger partial charge is 0.381 e. The van der Waals surface area contributed by atoms with Gasteiger partial charge in [0.1, 0.15) is 0 Å². The third-order valence-electron chi connectivity index (χ3n) is 2.29. The summed E-state index contributed by atoms with van der Waals surface area (Å²) >= 11 is 0. The maximum atomic E-state index is 11.2. The van der Waals surface area contributed by atoms with E-state index < -0.39 is 0 Å². The molecule has 5 heteroatoms. The predicted octanol–water partition coefficient (Wildman–Crippen LogP) is 0.218. The Labute approximate surface area is 81.5 Å². The zero-order chi connectivity index (χ0) is 9.80. The molecular formula is C9H13N3O2. The van der Waals surface area contributed by atoms with Gasteiger partial charge in [-0.05, 0) is 6.42 Å². The number of aromatic amines is 1. The molecule has 1 saturated heterocycles. The van der Waals surface area contributed by atoms with E-state index in [0.29, 0.717) is 11.7 Å². The zero-order valence-electron chi connectivity index (χ0n) is 7.82. The van der Waals surface area contributed by atoms with E-state index in [4.69, 9.17) is 4.74 Å². The minimum absolute atomic E-state index is 0.175. The molecular weight excluding hydrogens is 182 g/mol. The molecule has 76 valence electrons. The minimum Gasteiger partial charge on any atom is -0.381 e. The summed E-state index contributed by atoms with van der Waals surface area (Å²) in [6.07, 6.45) is 4.14. The van der Waals surface area contributed by atoms with Gasteiger partial charge in [0, 0.05) is 31.5 Å². The number of rotatable bonds is 3. The van der Waals surface area contributed by atoms with Gasteiger partial charge in [0.2, 0.25) is 0 Å². The second-order valence-corrected chi connectivity index (χ2v) is 3.38. The lowest BCUT2D eigenvalue weighted by Gasteiger charge is -2.08. The summed E-state index contributed by atoms with van der Waals surface area (Å²) < 4.78 is 5.23. The number of hydrogen-bond donors (Lipinski definition) is 2. The van der Waals surface area contributed by atoms with Crippen LogP contribution in [0.25, 0.3) is 0 Å². The molecule has 0 aliphatic carbocycles. The van der Waals surface area contributed by atoms with Gasteiger partial charge in [-0.2, -0.15) is 0 Å². The van der Waals surface area contributed by atoms with Gasteiger partial charge in [0.25, 0.3) is 5.56 Å². The lowest BCUT2D eigenvalue weighted by atomic mass is 10.1. The Morgan fingerprint density at radius 1 is 1.71 bits per heavy atom. The molecule has 1 aromatic heterocycles. The van der Waals surface area contributed by atoms with Gasteiger partial charge in [-0.25, -0.2) is 4.98 Å². The van der Waals surface area contributed by atoms with E-state index in [-0.39, 0.29) is 5.56 Å². The fraction of sp³-hybridized carbons (Fsp3) is 0.556. The molecule has 0 saturated carbocycles. The first-order valence-electron chi connectivity index (χ1n) is 4.71. The van der Waals surface area contributed by atoms with Crippen molar-refractivity contribution in [2.45, 2.75) is 6.42 Å². The molecule has 1 aromatic rings. The number of nitrogens with one attached hydrogen (secondary N) is 2. The van der Waals surface area contributed by atoms with E-state index in [0.717, 1.165) is 26.2 Å². The molecule has 14 heavy (non-hydrogen) atoms. The first-order valence-corrected chi connectivity index (χ1v) is 4.71. The highest BCUT2D eigenvalue weighted by molar-refractivity contribution is 5.29. The van der Waals surface area contributed by atoms with Crippen LogP contribution < -0.4 is 10.9 Å². The number of ether oxygens (including phenoxy) is 1. The summed E-state index contributed by atoms with van der Waals surface area (Å²) in [4.78, 5) is 17.7. The molecule has 2 heterocycles. The Bertz CT molecular complexity index is 344. The summed E-state index contributed by atoms with van der Waals surface area (Å²) in [5, 5.41) is 3.02. The minimum atomic E-state index is -0.175. The second-order valence-electron chi connectivity index (χ2n) is 3.38. The van der Waals surface area contributed by atoms with Crippen molar-refractivity contribution in [2.24, 2.45) is 5.92 Å². The average molecular weight is 195 g/mol. The smallest absolute Gasteiger partial charge is 0.290 e. The zero-order valence-corrected chi connectivity index (χ0v) is 7.82. The molecule has 0 amide bonds. The van der Waals surface area contributed by atoms with Gasteiger partial charge in [-0.1, -0.05) is 0 Å². The maximum Gasteiger partial charge on any atom is 0.290 e. The predicted molar refractivity (Wildman–Crippen MR) is 52.3 cm³/mol. The van der Waals surface area contributed by atoms with Gasteiger partial charge in [0.15, 0.2) is 5.82 Å². The van der Waals surface area contributed by atoms with Crippen molar-refractivity contribution in [1.82, 2.24) is 9.97 Å². The molecule has 1 fully saturated rings. The first kappa shape index (κ1) is 9.21.